The van der Waals surface area contributed by atoms with Crippen LogP contribution in [0.25, 0.3) is 0 Å². The second-order valence-corrected chi connectivity index (χ2v) is 7.87. The van der Waals surface area contributed by atoms with Gasteiger partial charge in [0, 0.05) is 30.9 Å². The van der Waals surface area contributed by atoms with Crippen molar-refractivity contribution in [3.05, 3.63) is 16.1 Å². The molecular formula is C12H23IN4O2S2. The van der Waals surface area contributed by atoms with E-state index >= 15 is 0 Å². The topological polar surface area (TPSA) is 83.4 Å². The molecule has 0 aromatic carbocycles. The fourth-order valence-corrected chi connectivity index (χ4v) is 2.99. The largest absolute Gasteiger partial charge is 0.356 e. The number of nitrogens with zero attached hydrogens (tertiary/aromatic N) is 2. The van der Waals surface area contributed by atoms with Crippen LogP contribution in [0.15, 0.2) is 11.2 Å². The fourth-order valence-electron chi connectivity index (χ4n) is 1.51. The first-order valence-electron chi connectivity index (χ1n) is 6.50. The van der Waals surface area contributed by atoms with Crippen molar-refractivity contribution in [2.45, 2.75) is 26.3 Å². The summed E-state index contributed by atoms with van der Waals surface area (Å²) in [6, 6.07) is 0. The van der Waals surface area contributed by atoms with Crippen molar-refractivity contribution in [2.75, 3.05) is 25.6 Å². The molecule has 21 heavy (non-hydrogen) atoms. The van der Waals surface area contributed by atoms with Crippen LogP contribution in [0.3, 0.4) is 0 Å². The van der Waals surface area contributed by atoms with Gasteiger partial charge in [-0.15, -0.1) is 35.3 Å². The van der Waals surface area contributed by atoms with Crippen molar-refractivity contribution in [1.82, 2.24) is 15.6 Å². The number of aromatic nitrogens is 1. The normalized spacial score (nSPS) is 11.9. The van der Waals surface area contributed by atoms with Crippen LogP contribution in [-0.4, -0.2) is 45.0 Å². The molecule has 0 unspecified atom stereocenters. The molecule has 122 valence electrons. The van der Waals surface area contributed by atoms with E-state index in [0.717, 1.165) is 11.4 Å². The summed E-state index contributed by atoms with van der Waals surface area (Å²) < 4.78 is 22.0. The van der Waals surface area contributed by atoms with Crippen LogP contribution in [0, 0.1) is 0 Å². The highest BCUT2D eigenvalue weighted by Gasteiger charge is 2.04. The number of aliphatic imine (C=N–C) groups is 1. The second-order valence-electron chi connectivity index (χ2n) is 4.41. The highest BCUT2D eigenvalue weighted by Crippen LogP contribution is 2.12. The standard InChI is InChI=1S/C12H22N4O2S2.HI/c1-4-10-8-15-11(19-10)9-16-12(13-2)14-6-5-7-20(3,17)18;/h8H,4-7,9H2,1-3H3,(H2,13,14,16);1H. The van der Waals surface area contributed by atoms with Crippen LogP contribution in [0.5, 0.6) is 0 Å². The van der Waals surface area contributed by atoms with E-state index in [2.05, 4.69) is 27.5 Å². The van der Waals surface area contributed by atoms with E-state index in [0.29, 0.717) is 25.5 Å². The van der Waals surface area contributed by atoms with Gasteiger partial charge in [-0.3, -0.25) is 4.99 Å². The molecule has 1 aromatic heterocycles. The lowest BCUT2D eigenvalue weighted by atomic mass is 10.4. The lowest BCUT2D eigenvalue weighted by Gasteiger charge is -2.10. The van der Waals surface area contributed by atoms with Crippen molar-refractivity contribution in [2.24, 2.45) is 4.99 Å². The van der Waals surface area contributed by atoms with E-state index in [1.807, 2.05) is 6.20 Å². The number of thiazole rings is 1. The fraction of sp³-hybridized carbons (Fsp3) is 0.667. The molecule has 0 aliphatic rings. The molecule has 1 heterocycles. The summed E-state index contributed by atoms with van der Waals surface area (Å²) in [5.41, 5.74) is 0. The monoisotopic (exact) mass is 446 g/mol. The minimum atomic E-state index is -2.89. The molecule has 2 N–H and O–H groups in total. The van der Waals surface area contributed by atoms with Crippen LogP contribution < -0.4 is 10.6 Å². The third kappa shape index (κ3) is 9.25. The zero-order valence-electron chi connectivity index (χ0n) is 12.5. The van der Waals surface area contributed by atoms with Gasteiger partial charge in [0.2, 0.25) is 0 Å². The Morgan fingerprint density at radius 1 is 1.43 bits per heavy atom. The maximum atomic E-state index is 11.0. The molecule has 0 fully saturated rings. The van der Waals surface area contributed by atoms with Crippen molar-refractivity contribution in [3.63, 3.8) is 0 Å². The zero-order chi connectivity index (χ0) is 15.0. The summed E-state index contributed by atoms with van der Waals surface area (Å²) in [6.45, 7) is 3.30. The Balaban J connectivity index is 0.00000400. The van der Waals surface area contributed by atoms with Gasteiger partial charge < -0.3 is 10.6 Å². The van der Waals surface area contributed by atoms with Gasteiger partial charge in [0.05, 0.1) is 12.3 Å². The van der Waals surface area contributed by atoms with Crippen molar-refractivity contribution in [3.8, 4) is 0 Å². The number of rotatable bonds is 7. The lowest BCUT2D eigenvalue weighted by Crippen LogP contribution is -2.37. The summed E-state index contributed by atoms with van der Waals surface area (Å²) >= 11 is 1.68. The van der Waals surface area contributed by atoms with Gasteiger partial charge in [-0.25, -0.2) is 13.4 Å². The van der Waals surface area contributed by atoms with Gasteiger partial charge >= 0.3 is 0 Å². The number of hydrogen-bond acceptors (Lipinski definition) is 5. The number of nitrogens with one attached hydrogen (secondary N) is 2. The number of aryl methyl sites for hydroxylation is 1. The summed E-state index contributed by atoms with van der Waals surface area (Å²) in [5.74, 6) is 0.843. The van der Waals surface area contributed by atoms with E-state index in [4.69, 9.17) is 0 Å². The molecule has 0 saturated heterocycles. The Labute approximate surface area is 147 Å². The van der Waals surface area contributed by atoms with E-state index in [-0.39, 0.29) is 29.7 Å². The number of sulfone groups is 1. The Morgan fingerprint density at radius 3 is 2.67 bits per heavy atom. The quantitative estimate of drug-likeness (QED) is 0.287. The molecule has 6 nitrogen and oxygen atoms in total. The summed E-state index contributed by atoms with van der Waals surface area (Å²) in [7, 11) is -1.21. The Morgan fingerprint density at radius 2 is 2.14 bits per heavy atom. The predicted octanol–water partition coefficient (Wildman–Crippen LogP) is 1.42. The molecule has 0 aliphatic heterocycles. The molecule has 0 amide bonds. The van der Waals surface area contributed by atoms with Crippen LogP contribution in [0.1, 0.15) is 23.2 Å². The van der Waals surface area contributed by atoms with E-state index in [9.17, 15) is 8.42 Å². The summed E-state index contributed by atoms with van der Waals surface area (Å²) in [6.07, 6.45) is 4.70. The van der Waals surface area contributed by atoms with E-state index in [1.165, 1.54) is 11.1 Å². The third-order valence-corrected chi connectivity index (χ3v) is 4.74. The minimum Gasteiger partial charge on any atom is -0.356 e. The maximum Gasteiger partial charge on any atom is 0.191 e. The first kappa shape index (κ1) is 20.6. The van der Waals surface area contributed by atoms with Gasteiger partial charge in [-0.05, 0) is 12.8 Å². The number of guanidine groups is 1. The van der Waals surface area contributed by atoms with Crippen molar-refractivity contribution >= 4 is 51.1 Å². The molecule has 0 aliphatic carbocycles. The molecule has 0 bridgehead atoms. The third-order valence-electron chi connectivity index (χ3n) is 2.56. The average molecular weight is 446 g/mol. The maximum absolute atomic E-state index is 11.0. The first-order valence-corrected chi connectivity index (χ1v) is 9.38. The predicted molar refractivity (Wildman–Crippen MR) is 99.4 cm³/mol. The molecule has 0 saturated carbocycles. The van der Waals surface area contributed by atoms with E-state index in [1.54, 1.807) is 18.4 Å². The molecule has 1 aromatic rings. The second kappa shape index (κ2) is 10.3. The average Bonchev–Trinajstić information content (AvgIpc) is 2.84. The van der Waals surface area contributed by atoms with E-state index < -0.39 is 9.84 Å². The first-order chi connectivity index (χ1) is 9.44. The Bertz CT molecular complexity index is 543. The van der Waals surface area contributed by atoms with Gasteiger partial charge in [-0.1, -0.05) is 6.92 Å². The van der Waals surface area contributed by atoms with Crippen molar-refractivity contribution in [1.29, 1.82) is 0 Å². The van der Waals surface area contributed by atoms with Gasteiger partial charge in [0.25, 0.3) is 0 Å². The van der Waals surface area contributed by atoms with Crippen molar-refractivity contribution < 1.29 is 8.42 Å². The molecule has 1 rings (SSSR count). The smallest absolute Gasteiger partial charge is 0.191 e. The highest BCUT2D eigenvalue weighted by atomic mass is 127. The molecule has 0 spiro atoms. The van der Waals surface area contributed by atoms with Crippen LogP contribution >= 0.6 is 35.3 Å². The van der Waals surface area contributed by atoms with Crippen LogP contribution in [-0.2, 0) is 22.8 Å². The van der Waals surface area contributed by atoms with Crippen LogP contribution in [0.4, 0.5) is 0 Å². The lowest BCUT2D eigenvalue weighted by molar-refractivity contribution is 0.598. The highest BCUT2D eigenvalue weighted by molar-refractivity contribution is 14.0. The van der Waals surface area contributed by atoms with Crippen LogP contribution in [0.2, 0.25) is 0 Å². The molecule has 9 heteroatoms. The van der Waals surface area contributed by atoms with Gasteiger partial charge in [-0.2, -0.15) is 0 Å². The number of halogens is 1. The zero-order valence-corrected chi connectivity index (χ0v) is 16.5. The summed E-state index contributed by atoms with van der Waals surface area (Å²) in [5, 5.41) is 7.26. The molecular weight excluding hydrogens is 423 g/mol. The van der Waals surface area contributed by atoms with Gasteiger partial charge in [0.15, 0.2) is 5.96 Å². The SMILES string of the molecule is CCc1cnc(CNC(=NC)NCCCS(C)(=O)=O)s1.I. The Hall–Kier alpha value is -0.420. The molecule has 0 atom stereocenters. The number of hydrogen-bond donors (Lipinski definition) is 2. The minimum absolute atomic E-state index is 0. The van der Waals surface area contributed by atoms with Gasteiger partial charge in [0.1, 0.15) is 14.8 Å². The molecule has 0 radical (unpaired) electrons. The Kier molecular flexibility index (Phi) is 10.1. The summed E-state index contributed by atoms with van der Waals surface area (Å²) in [4.78, 5) is 9.66.